The quantitative estimate of drug-likeness (QED) is 0.789. The van der Waals surface area contributed by atoms with E-state index in [1.165, 1.54) is 12.1 Å². The smallest absolute Gasteiger partial charge is 0.252 e. The lowest BCUT2D eigenvalue weighted by molar-refractivity contribution is 0.0941. The van der Waals surface area contributed by atoms with Gasteiger partial charge in [-0.15, -0.1) is 0 Å². The Morgan fingerprint density at radius 2 is 1.84 bits per heavy atom. The van der Waals surface area contributed by atoms with Crippen LogP contribution in [0.1, 0.15) is 38.9 Å². The Kier molecular flexibility index (Phi) is 4.65. The molecule has 128 valence electrons. The predicted molar refractivity (Wildman–Crippen MR) is 94.8 cm³/mol. The zero-order valence-electron chi connectivity index (χ0n) is 14.5. The second-order valence-corrected chi connectivity index (χ2v) is 6.15. The van der Waals surface area contributed by atoms with Crippen molar-refractivity contribution in [1.29, 1.82) is 0 Å². The van der Waals surface area contributed by atoms with Gasteiger partial charge in [0, 0.05) is 25.0 Å². The first kappa shape index (κ1) is 16.9. The molecule has 1 amide bonds. The molecule has 2 aromatic carbocycles. The number of carbonyl (C=O) groups is 1. The molecule has 3 rings (SSSR count). The molecular formula is C20H20FN3O. The van der Waals surface area contributed by atoms with Gasteiger partial charge in [0.2, 0.25) is 0 Å². The Balaban J connectivity index is 1.94. The van der Waals surface area contributed by atoms with Gasteiger partial charge in [-0.05, 0) is 54.8 Å². The van der Waals surface area contributed by atoms with Crippen LogP contribution < -0.4 is 5.32 Å². The first-order valence-electron chi connectivity index (χ1n) is 8.06. The van der Waals surface area contributed by atoms with Crippen molar-refractivity contribution in [3.05, 3.63) is 88.8 Å². The molecule has 0 saturated carbocycles. The molecule has 1 N–H and O–H groups in total. The fraction of sp³-hybridized carbons (Fsp3) is 0.200. The molecule has 4 nitrogen and oxygen atoms in total. The summed E-state index contributed by atoms with van der Waals surface area (Å²) in [6.07, 6.45) is 3.49. The average Bonchev–Trinajstić information content (AvgIpc) is 3.01. The van der Waals surface area contributed by atoms with Crippen molar-refractivity contribution in [3.63, 3.8) is 0 Å². The summed E-state index contributed by atoms with van der Waals surface area (Å²) >= 11 is 0. The van der Waals surface area contributed by atoms with Gasteiger partial charge in [0.1, 0.15) is 17.7 Å². The van der Waals surface area contributed by atoms with Crippen LogP contribution in [-0.4, -0.2) is 15.5 Å². The molecule has 0 bridgehead atoms. The number of carbonyl (C=O) groups excluding carboxylic acids is 1. The van der Waals surface area contributed by atoms with Gasteiger partial charge in [-0.2, -0.15) is 0 Å². The maximum absolute atomic E-state index is 13.3. The fourth-order valence-electron chi connectivity index (χ4n) is 2.70. The molecule has 0 unspecified atom stereocenters. The van der Waals surface area contributed by atoms with E-state index in [4.69, 9.17) is 0 Å². The summed E-state index contributed by atoms with van der Waals surface area (Å²) in [5, 5.41) is 3.01. The highest BCUT2D eigenvalue weighted by molar-refractivity contribution is 5.94. The molecule has 5 heteroatoms. The lowest BCUT2D eigenvalue weighted by Crippen LogP contribution is -2.31. The molecule has 0 fully saturated rings. The molecule has 0 radical (unpaired) electrons. The summed E-state index contributed by atoms with van der Waals surface area (Å²) in [6, 6.07) is 11.2. The van der Waals surface area contributed by atoms with Crippen LogP contribution in [0.4, 0.5) is 4.39 Å². The molecule has 0 aliphatic carbocycles. The third kappa shape index (κ3) is 3.60. The summed E-state index contributed by atoms with van der Waals surface area (Å²) in [7, 11) is 1.86. The highest BCUT2D eigenvalue weighted by Gasteiger charge is 2.21. The number of nitrogens with one attached hydrogen (secondary N) is 1. The van der Waals surface area contributed by atoms with Crippen molar-refractivity contribution in [3.8, 4) is 0 Å². The molecule has 1 aromatic heterocycles. The van der Waals surface area contributed by atoms with E-state index in [2.05, 4.69) is 10.3 Å². The first-order valence-corrected chi connectivity index (χ1v) is 8.06. The number of aryl methyl sites for hydroxylation is 3. The Hall–Kier alpha value is -2.95. The fourth-order valence-corrected chi connectivity index (χ4v) is 2.70. The third-order valence-electron chi connectivity index (χ3n) is 4.36. The van der Waals surface area contributed by atoms with E-state index in [-0.39, 0.29) is 11.7 Å². The lowest BCUT2D eigenvalue weighted by Gasteiger charge is -2.19. The summed E-state index contributed by atoms with van der Waals surface area (Å²) in [6.45, 7) is 3.98. The first-order chi connectivity index (χ1) is 12.0. The van der Waals surface area contributed by atoms with E-state index in [1.54, 1.807) is 24.4 Å². The number of hydrogen-bond donors (Lipinski definition) is 1. The summed E-state index contributed by atoms with van der Waals surface area (Å²) in [5.74, 6) is 0.173. The van der Waals surface area contributed by atoms with E-state index in [0.717, 1.165) is 16.7 Å². The van der Waals surface area contributed by atoms with Crippen molar-refractivity contribution in [2.24, 2.45) is 7.05 Å². The Labute approximate surface area is 146 Å². The normalized spacial score (nSPS) is 12.0. The molecule has 25 heavy (non-hydrogen) atoms. The average molecular weight is 337 g/mol. The van der Waals surface area contributed by atoms with Crippen LogP contribution in [0, 0.1) is 19.7 Å². The minimum atomic E-state index is -0.463. The van der Waals surface area contributed by atoms with Gasteiger partial charge in [-0.25, -0.2) is 9.37 Å². The van der Waals surface area contributed by atoms with Crippen LogP contribution in [0.25, 0.3) is 0 Å². The van der Waals surface area contributed by atoms with Crippen molar-refractivity contribution < 1.29 is 9.18 Å². The van der Waals surface area contributed by atoms with E-state index < -0.39 is 6.04 Å². The lowest BCUT2D eigenvalue weighted by atomic mass is 10.0. The number of nitrogens with zero attached hydrogens (tertiary/aromatic N) is 2. The van der Waals surface area contributed by atoms with Crippen molar-refractivity contribution in [1.82, 2.24) is 14.9 Å². The highest BCUT2D eigenvalue weighted by Crippen LogP contribution is 2.22. The minimum absolute atomic E-state index is 0.194. The van der Waals surface area contributed by atoms with Crippen molar-refractivity contribution in [2.75, 3.05) is 0 Å². The third-order valence-corrected chi connectivity index (χ3v) is 4.36. The van der Waals surface area contributed by atoms with Crippen LogP contribution in [0.3, 0.4) is 0 Å². The van der Waals surface area contributed by atoms with Gasteiger partial charge in [0.15, 0.2) is 0 Å². The van der Waals surface area contributed by atoms with Crippen LogP contribution in [0.15, 0.2) is 54.9 Å². The number of rotatable bonds is 4. The van der Waals surface area contributed by atoms with Gasteiger partial charge in [-0.3, -0.25) is 4.79 Å². The van der Waals surface area contributed by atoms with E-state index in [1.807, 2.05) is 43.8 Å². The Morgan fingerprint density at radius 3 is 2.44 bits per heavy atom. The second kappa shape index (κ2) is 6.89. The van der Waals surface area contributed by atoms with Gasteiger partial charge < -0.3 is 9.88 Å². The second-order valence-electron chi connectivity index (χ2n) is 6.15. The maximum atomic E-state index is 13.3. The van der Waals surface area contributed by atoms with E-state index in [9.17, 15) is 9.18 Å². The predicted octanol–water partition coefficient (Wildman–Crippen LogP) is 3.70. The topological polar surface area (TPSA) is 46.9 Å². The van der Waals surface area contributed by atoms with Crippen LogP contribution in [-0.2, 0) is 7.05 Å². The Morgan fingerprint density at radius 1 is 1.12 bits per heavy atom. The van der Waals surface area contributed by atoms with Crippen molar-refractivity contribution in [2.45, 2.75) is 19.9 Å². The summed E-state index contributed by atoms with van der Waals surface area (Å²) in [4.78, 5) is 17.1. The summed E-state index contributed by atoms with van der Waals surface area (Å²) in [5.41, 5.74) is 3.55. The van der Waals surface area contributed by atoms with Crippen LogP contribution >= 0.6 is 0 Å². The monoisotopic (exact) mass is 337 g/mol. The molecule has 1 atom stereocenters. The van der Waals surface area contributed by atoms with Gasteiger partial charge in [0.05, 0.1) is 0 Å². The number of benzene rings is 2. The molecule has 0 aliphatic heterocycles. The zero-order valence-corrected chi connectivity index (χ0v) is 14.5. The molecule has 1 heterocycles. The zero-order chi connectivity index (χ0) is 18.0. The van der Waals surface area contributed by atoms with Crippen LogP contribution in [0.5, 0.6) is 0 Å². The standard InChI is InChI=1S/C20H20FN3O/c1-13-4-5-16(12-14(13)2)20(25)23-18(19-22-10-11-24(19)3)15-6-8-17(21)9-7-15/h4-12,18H,1-3H3,(H,23,25)/t18-/m0/s1. The van der Waals surface area contributed by atoms with Gasteiger partial charge in [-0.1, -0.05) is 18.2 Å². The molecular weight excluding hydrogens is 317 g/mol. The number of aromatic nitrogens is 2. The number of amides is 1. The van der Waals surface area contributed by atoms with Crippen LogP contribution in [0.2, 0.25) is 0 Å². The molecule has 0 aliphatic rings. The molecule has 0 saturated heterocycles. The van der Waals surface area contributed by atoms with E-state index in [0.29, 0.717) is 11.4 Å². The maximum Gasteiger partial charge on any atom is 0.252 e. The Bertz CT molecular complexity index is 900. The number of halogens is 1. The van der Waals surface area contributed by atoms with Gasteiger partial charge in [0.25, 0.3) is 5.91 Å². The number of imidazole rings is 1. The summed E-state index contributed by atoms with van der Waals surface area (Å²) < 4.78 is 15.1. The van der Waals surface area contributed by atoms with E-state index >= 15 is 0 Å². The SMILES string of the molecule is Cc1ccc(C(=O)N[C@@H](c2ccc(F)cc2)c2nccn2C)cc1C. The molecule has 0 spiro atoms. The van der Waals surface area contributed by atoms with Gasteiger partial charge >= 0.3 is 0 Å². The highest BCUT2D eigenvalue weighted by atomic mass is 19.1. The molecule has 3 aromatic rings. The largest absolute Gasteiger partial charge is 0.338 e. The minimum Gasteiger partial charge on any atom is -0.338 e. The number of hydrogen-bond acceptors (Lipinski definition) is 2. The van der Waals surface area contributed by atoms with Crippen molar-refractivity contribution >= 4 is 5.91 Å².